The molecule has 0 radical (unpaired) electrons. The number of allylic oxidation sites excluding steroid dienone is 1. The maximum atomic E-state index is 11.3. The van der Waals surface area contributed by atoms with E-state index in [0.29, 0.717) is 0 Å². The molecular weight excluding hydrogens is 224 g/mol. The first-order valence-electron chi connectivity index (χ1n) is 7.06. The van der Waals surface area contributed by atoms with E-state index in [1.165, 1.54) is 25.7 Å². The molecule has 0 aromatic heterocycles. The molecule has 2 nitrogen and oxygen atoms in total. The van der Waals surface area contributed by atoms with E-state index in [-0.39, 0.29) is 6.10 Å². The number of rotatable bonds is 8. The zero-order chi connectivity index (χ0) is 13.6. The Morgan fingerprint density at radius 3 is 2.61 bits per heavy atom. The summed E-state index contributed by atoms with van der Waals surface area (Å²) >= 11 is 0. The molecule has 0 aliphatic carbocycles. The van der Waals surface area contributed by atoms with Crippen molar-refractivity contribution in [2.24, 2.45) is 0 Å². The molecule has 2 heteroatoms. The molecule has 0 N–H and O–H groups in total. The summed E-state index contributed by atoms with van der Waals surface area (Å²) in [5.74, 6) is 4.96. The van der Waals surface area contributed by atoms with Crippen LogP contribution in [0.3, 0.4) is 0 Å². The molecule has 1 unspecified atom stereocenters. The molecule has 0 aromatic carbocycles. The molecule has 0 spiro atoms. The van der Waals surface area contributed by atoms with Crippen LogP contribution in [0, 0.1) is 11.8 Å². The second-order valence-electron chi connectivity index (χ2n) is 4.44. The average molecular weight is 250 g/mol. The lowest BCUT2D eigenvalue weighted by Crippen LogP contribution is -2.10. The molecule has 0 heterocycles. The molecule has 0 saturated carbocycles. The largest absolute Gasteiger partial charge is 0.449 e. The fourth-order valence-corrected chi connectivity index (χ4v) is 1.45. The Labute approximate surface area is 112 Å². The minimum atomic E-state index is -0.417. The second kappa shape index (κ2) is 12.2. The molecule has 0 aliphatic rings. The van der Waals surface area contributed by atoms with E-state index in [2.05, 4.69) is 31.8 Å². The average Bonchev–Trinajstić information content (AvgIpc) is 2.34. The van der Waals surface area contributed by atoms with Gasteiger partial charge in [0.25, 0.3) is 0 Å². The predicted molar refractivity (Wildman–Crippen MR) is 76.1 cm³/mol. The van der Waals surface area contributed by atoms with Gasteiger partial charge in [0.05, 0.1) is 0 Å². The van der Waals surface area contributed by atoms with E-state index in [0.717, 1.165) is 19.3 Å². The van der Waals surface area contributed by atoms with E-state index in [1.807, 2.05) is 13.0 Å². The van der Waals surface area contributed by atoms with Gasteiger partial charge in [-0.1, -0.05) is 51.5 Å². The lowest BCUT2D eigenvalue weighted by molar-refractivity contribution is -0.139. The summed E-state index contributed by atoms with van der Waals surface area (Å²) in [6.45, 7) is 6.17. The van der Waals surface area contributed by atoms with Crippen molar-refractivity contribution in [1.29, 1.82) is 0 Å². The van der Waals surface area contributed by atoms with Crippen molar-refractivity contribution in [2.75, 3.05) is 0 Å². The Balaban J connectivity index is 3.75. The van der Waals surface area contributed by atoms with E-state index in [1.54, 1.807) is 0 Å². The van der Waals surface area contributed by atoms with Gasteiger partial charge in [0, 0.05) is 12.3 Å². The molecule has 0 bridgehead atoms. The van der Waals surface area contributed by atoms with Crippen LogP contribution in [-0.4, -0.2) is 12.1 Å². The number of ether oxygens (including phenoxy) is 1. The van der Waals surface area contributed by atoms with Crippen LogP contribution in [0.2, 0.25) is 0 Å². The number of carbonyl (C=O) groups excluding carboxylic acids is 1. The smallest absolute Gasteiger partial charge is 0.384 e. The van der Waals surface area contributed by atoms with E-state index < -0.39 is 5.97 Å². The summed E-state index contributed by atoms with van der Waals surface area (Å²) in [6.07, 6.45) is 11.4. The number of carbonyl (C=O) groups is 1. The molecule has 18 heavy (non-hydrogen) atoms. The maximum Gasteiger partial charge on any atom is 0.384 e. The minimum absolute atomic E-state index is 0.181. The molecule has 0 fully saturated rings. The summed E-state index contributed by atoms with van der Waals surface area (Å²) in [5, 5.41) is 0. The third-order valence-corrected chi connectivity index (χ3v) is 2.52. The second-order valence-corrected chi connectivity index (χ2v) is 4.44. The van der Waals surface area contributed by atoms with Gasteiger partial charge in [0.2, 0.25) is 0 Å². The Kier molecular flexibility index (Phi) is 11.4. The zero-order valence-electron chi connectivity index (χ0n) is 12.0. The number of hydrogen-bond donors (Lipinski definition) is 0. The lowest BCUT2D eigenvalue weighted by Gasteiger charge is -2.04. The van der Waals surface area contributed by atoms with Crippen molar-refractivity contribution in [3.05, 3.63) is 12.2 Å². The van der Waals surface area contributed by atoms with Gasteiger partial charge in [-0.25, -0.2) is 4.79 Å². The van der Waals surface area contributed by atoms with Crippen LogP contribution in [0.15, 0.2) is 12.2 Å². The monoisotopic (exact) mass is 250 g/mol. The van der Waals surface area contributed by atoms with Crippen LogP contribution in [0.1, 0.15) is 65.7 Å². The molecule has 0 aliphatic heterocycles. The molecule has 0 rings (SSSR count). The fourth-order valence-electron chi connectivity index (χ4n) is 1.45. The molecule has 0 amide bonds. The molecule has 0 aromatic rings. The highest BCUT2D eigenvalue weighted by atomic mass is 16.5. The maximum absolute atomic E-state index is 11.3. The molecule has 1 atom stereocenters. The van der Waals surface area contributed by atoms with Gasteiger partial charge in [-0.3, -0.25) is 0 Å². The third kappa shape index (κ3) is 11.3. The van der Waals surface area contributed by atoms with Gasteiger partial charge in [-0.15, -0.1) is 0 Å². The Morgan fingerprint density at radius 2 is 1.94 bits per heavy atom. The van der Waals surface area contributed by atoms with Gasteiger partial charge >= 0.3 is 5.97 Å². The van der Waals surface area contributed by atoms with Crippen molar-refractivity contribution < 1.29 is 9.53 Å². The number of unbranched alkanes of at least 4 members (excludes halogenated alkanes) is 5. The van der Waals surface area contributed by atoms with Gasteiger partial charge in [-0.05, 0) is 25.8 Å². The van der Waals surface area contributed by atoms with Gasteiger partial charge in [-0.2, -0.15) is 0 Å². The first-order valence-corrected chi connectivity index (χ1v) is 7.06. The molecule has 0 saturated heterocycles. The molecule has 102 valence electrons. The Hall–Kier alpha value is -1.23. The van der Waals surface area contributed by atoms with Crippen molar-refractivity contribution in [3.8, 4) is 11.8 Å². The normalized spacial score (nSPS) is 11.9. The summed E-state index contributed by atoms with van der Waals surface area (Å²) in [4.78, 5) is 11.3. The van der Waals surface area contributed by atoms with Gasteiger partial charge in [0.1, 0.15) is 6.10 Å². The third-order valence-electron chi connectivity index (χ3n) is 2.52. The number of hydrogen-bond acceptors (Lipinski definition) is 2. The highest BCUT2D eigenvalue weighted by Gasteiger charge is 2.02. The van der Waals surface area contributed by atoms with E-state index in [4.69, 9.17) is 4.74 Å². The first-order chi connectivity index (χ1) is 8.70. The summed E-state index contributed by atoms with van der Waals surface area (Å²) < 4.78 is 5.14. The number of esters is 1. The van der Waals surface area contributed by atoms with E-state index in [9.17, 15) is 4.79 Å². The van der Waals surface area contributed by atoms with Crippen LogP contribution < -0.4 is 0 Å². The topological polar surface area (TPSA) is 26.3 Å². The summed E-state index contributed by atoms with van der Waals surface area (Å²) in [5.41, 5.74) is 0. The molecular formula is C16H26O2. The standard InChI is InChI=1S/C16H26O2/c1-4-6-8-10-12-14-16(17)18-15(3)13-11-9-7-5-2/h11,13,15H,4-10H2,1-3H3/b13-11+. The van der Waals surface area contributed by atoms with Crippen LogP contribution in [0.25, 0.3) is 0 Å². The Morgan fingerprint density at radius 1 is 1.22 bits per heavy atom. The lowest BCUT2D eigenvalue weighted by atomic mass is 10.2. The minimum Gasteiger partial charge on any atom is -0.449 e. The van der Waals surface area contributed by atoms with Gasteiger partial charge in [0.15, 0.2) is 0 Å². The van der Waals surface area contributed by atoms with Crippen molar-refractivity contribution in [2.45, 2.75) is 71.8 Å². The highest BCUT2D eigenvalue weighted by Crippen LogP contribution is 2.00. The predicted octanol–water partition coefficient (Wildman–Crippen LogP) is 4.25. The van der Waals surface area contributed by atoms with Crippen molar-refractivity contribution in [1.82, 2.24) is 0 Å². The van der Waals surface area contributed by atoms with E-state index >= 15 is 0 Å². The summed E-state index contributed by atoms with van der Waals surface area (Å²) in [7, 11) is 0. The zero-order valence-corrected chi connectivity index (χ0v) is 12.0. The van der Waals surface area contributed by atoms with Crippen LogP contribution in [-0.2, 0) is 9.53 Å². The fraction of sp³-hybridized carbons (Fsp3) is 0.688. The van der Waals surface area contributed by atoms with Crippen LogP contribution in [0.5, 0.6) is 0 Å². The first kappa shape index (κ1) is 16.8. The highest BCUT2D eigenvalue weighted by molar-refractivity contribution is 5.88. The van der Waals surface area contributed by atoms with Crippen molar-refractivity contribution >= 4 is 5.97 Å². The van der Waals surface area contributed by atoms with Crippen LogP contribution >= 0.6 is 0 Å². The van der Waals surface area contributed by atoms with Crippen LogP contribution in [0.4, 0.5) is 0 Å². The van der Waals surface area contributed by atoms with Crippen molar-refractivity contribution in [3.63, 3.8) is 0 Å². The Bertz CT molecular complexity index is 294. The quantitative estimate of drug-likeness (QED) is 0.212. The summed E-state index contributed by atoms with van der Waals surface area (Å²) in [6, 6.07) is 0. The van der Waals surface area contributed by atoms with Gasteiger partial charge < -0.3 is 4.74 Å². The SMILES string of the molecule is CCCC/C=C/C(C)OC(=O)C#CCCCCC.